The van der Waals surface area contributed by atoms with Crippen LogP contribution in [0.4, 0.5) is 0 Å². The van der Waals surface area contributed by atoms with E-state index < -0.39 is 0 Å². The third-order valence-electron chi connectivity index (χ3n) is 7.18. The average Bonchev–Trinajstić information content (AvgIpc) is 3.80. The molecule has 0 saturated heterocycles. The molecule has 0 amide bonds. The summed E-state index contributed by atoms with van der Waals surface area (Å²) >= 11 is 5.56. The predicted octanol–water partition coefficient (Wildman–Crippen LogP) is 8.39. The fourth-order valence-electron chi connectivity index (χ4n) is 5.13. The molecule has 3 aliphatic heterocycles. The van der Waals surface area contributed by atoms with Gasteiger partial charge in [-0.25, -0.2) is 0 Å². The first-order valence-corrected chi connectivity index (χ1v) is 16.2. The lowest BCUT2D eigenvalue weighted by Gasteiger charge is -2.10. The summed E-state index contributed by atoms with van der Waals surface area (Å²) in [5.74, 6) is 2.91. The highest BCUT2D eigenvalue weighted by Crippen LogP contribution is 2.38. The summed E-state index contributed by atoms with van der Waals surface area (Å²) in [6.45, 7) is 0. The Balaban J connectivity index is 1.26. The average molecular weight is 562 g/mol. The maximum Gasteiger partial charge on any atom is 0.0986 e. The summed E-state index contributed by atoms with van der Waals surface area (Å²) in [5.41, 5.74) is 7.34. The Morgan fingerprint density at radius 2 is 0.692 bits per heavy atom. The van der Waals surface area contributed by atoms with Crippen LogP contribution in [0.15, 0.2) is 124 Å². The second-order valence-corrected chi connectivity index (χ2v) is 12.8. The maximum absolute atomic E-state index is 5.18. The van der Waals surface area contributed by atoms with Crippen LogP contribution in [0.3, 0.4) is 0 Å². The van der Waals surface area contributed by atoms with E-state index in [1.165, 1.54) is 33.4 Å². The first kappa shape index (κ1) is 24.9. The van der Waals surface area contributed by atoms with Crippen molar-refractivity contribution >= 4 is 50.4 Å². The van der Waals surface area contributed by atoms with Crippen LogP contribution in [0.1, 0.15) is 51.5 Å². The zero-order valence-electron chi connectivity index (χ0n) is 21.3. The molecule has 0 radical (unpaired) electrons. The Bertz CT molecular complexity index is 1360. The molecule has 3 nitrogen and oxygen atoms in total. The molecule has 3 heterocycles. The van der Waals surface area contributed by atoms with Gasteiger partial charge in [0.2, 0.25) is 0 Å². The smallest absolute Gasteiger partial charge is 0.0986 e. The van der Waals surface area contributed by atoms with Crippen molar-refractivity contribution in [2.75, 3.05) is 17.3 Å². The third-order valence-corrected chi connectivity index (χ3v) is 10.5. The number of aliphatic imine (C=N–C) groups is 3. The van der Waals surface area contributed by atoms with Crippen molar-refractivity contribution in [3.8, 4) is 0 Å². The Morgan fingerprint density at radius 3 is 0.974 bits per heavy atom. The van der Waals surface area contributed by atoms with Crippen LogP contribution in [0.2, 0.25) is 0 Å². The van der Waals surface area contributed by atoms with E-state index in [9.17, 15) is 0 Å². The van der Waals surface area contributed by atoms with Gasteiger partial charge in [-0.05, 0) is 34.9 Å². The first-order valence-electron chi connectivity index (χ1n) is 13.2. The second kappa shape index (κ2) is 11.2. The van der Waals surface area contributed by atoms with Crippen LogP contribution in [-0.2, 0) is 0 Å². The van der Waals surface area contributed by atoms with Crippen LogP contribution >= 0.6 is 35.3 Å². The van der Waals surface area contributed by atoms with Gasteiger partial charge >= 0.3 is 0 Å². The molecule has 6 heteroatoms. The number of hydrogen-bond donors (Lipinski definition) is 0. The number of benzene rings is 4. The highest BCUT2D eigenvalue weighted by atomic mass is 32.2. The van der Waals surface area contributed by atoms with E-state index in [1.807, 2.05) is 35.3 Å². The van der Waals surface area contributed by atoms with Gasteiger partial charge in [0.15, 0.2) is 0 Å². The lowest BCUT2D eigenvalue weighted by molar-refractivity contribution is 0.849. The Labute approximate surface area is 242 Å². The highest BCUT2D eigenvalue weighted by Gasteiger charge is 2.27. The summed E-state index contributed by atoms with van der Waals surface area (Å²) in [4.78, 5) is 15.5. The van der Waals surface area contributed by atoms with Crippen LogP contribution in [0, 0.1) is 0 Å². The number of thioether (sulfide) groups is 3. The quantitative estimate of drug-likeness (QED) is 0.237. The monoisotopic (exact) mass is 561 g/mol. The molecule has 0 fully saturated rings. The minimum Gasteiger partial charge on any atom is -0.269 e. The van der Waals surface area contributed by atoms with Gasteiger partial charge in [0.05, 0.1) is 33.3 Å². The van der Waals surface area contributed by atoms with Gasteiger partial charge in [-0.3, -0.25) is 15.0 Å². The normalized spacial score (nSPS) is 22.5. The zero-order chi connectivity index (χ0) is 26.0. The van der Waals surface area contributed by atoms with Gasteiger partial charge in [-0.2, -0.15) is 0 Å². The molecule has 0 unspecified atom stereocenters. The number of nitrogens with zero attached hydrogens (tertiary/aromatic N) is 3. The van der Waals surface area contributed by atoms with Crippen molar-refractivity contribution in [1.29, 1.82) is 0 Å². The molecule has 0 saturated carbocycles. The maximum atomic E-state index is 5.18. The number of hydrogen-bond acceptors (Lipinski definition) is 6. The van der Waals surface area contributed by atoms with Crippen LogP contribution in [0.25, 0.3) is 0 Å². The molecule has 0 bridgehead atoms. The van der Waals surface area contributed by atoms with Crippen LogP contribution < -0.4 is 0 Å². The molecular formula is C33H27N3S3. The lowest BCUT2D eigenvalue weighted by Crippen LogP contribution is -2.03. The molecule has 7 rings (SSSR count). The van der Waals surface area contributed by atoms with E-state index >= 15 is 0 Å². The SMILES string of the molecule is c1ccc([C@H]2CSC(c3cc(C4=N[C@@H](c5ccccc5)CS4)cc(C4=N[C@@H](c5ccccc5)CS4)c3)=N2)cc1. The lowest BCUT2D eigenvalue weighted by atomic mass is 10.1. The van der Waals surface area contributed by atoms with Gasteiger partial charge in [0.1, 0.15) is 0 Å². The van der Waals surface area contributed by atoms with Gasteiger partial charge in [0, 0.05) is 33.9 Å². The molecule has 0 aliphatic carbocycles. The number of rotatable bonds is 6. The van der Waals surface area contributed by atoms with Crippen molar-refractivity contribution in [3.63, 3.8) is 0 Å². The van der Waals surface area contributed by atoms with E-state index in [-0.39, 0.29) is 18.1 Å². The minimum absolute atomic E-state index is 0.194. The topological polar surface area (TPSA) is 37.1 Å². The van der Waals surface area contributed by atoms with E-state index in [4.69, 9.17) is 15.0 Å². The van der Waals surface area contributed by atoms with Crippen LogP contribution in [0.5, 0.6) is 0 Å². The molecule has 0 N–H and O–H groups in total. The molecular weight excluding hydrogens is 535 g/mol. The zero-order valence-corrected chi connectivity index (χ0v) is 23.8. The molecule has 4 aromatic rings. The van der Waals surface area contributed by atoms with Crippen molar-refractivity contribution < 1.29 is 0 Å². The van der Waals surface area contributed by atoms with Crippen molar-refractivity contribution in [3.05, 3.63) is 143 Å². The van der Waals surface area contributed by atoms with E-state index in [2.05, 4.69) is 109 Å². The third kappa shape index (κ3) is 5.38. The minimum atomic E-state index is 0.194. The Morgan fingerprint density at radius 1 is 0.410 bits per heavy atom. The highest BCUT2D eigenvalue weighted by molar-refractivity contribution is 8.15. The summed E-state index contributed by atoms with van der Waals surface area (Å²) in [6, 6.07) is 39.3. The summed E-state index contributed by atoms with van der Waals surface area (Å²) in [7, 11) is 0. The van der Waals surface area contributed by atoms with Crippen molar-refractivity contribution in [2.45, 2.75) is 18.1 Å². The van der Waals surface area contributed by atoms with Crippen molar-refractivity contribution in [1.82, 2.24) is 0 Å². The summed E-state index contributed by atoms with van der Waals surface area (Å²) in [6.07, 6.45) is 0. The van der Waals surface area contributed by atoms with E-state index in [1.54, 1.807) is 0 Å². The van der Waals surface area contributed by atoms with Crippen LogP contribution in [-0.4, -0.2) is 32.4 Å². The Kier molecular flexibility index (Phi) is 7.16. The van der Waals surface area contributed by atoms with Gasteiger partial charge in [-0.1, -0.05) is 91.0 Å². The summed E-state index contributed by atoms with van der Waals surface area (Å²) < 4.78 is 0. The molecule has 0 aromatic heterocycles. The van der Waals surface area contributed by atoms with Gasteiger partial charge in [-0.15, -0.1) is 35.3 Å². The fourth-order valence-corrected chi connectivity index (χ4v) is 8.34. The molecule has 3 aliphatic rings. The van der Waals surface area contributed by atoms with Gasteiger partial charge in [0.25, 0.3) is 0 Å². The summed E-state index contributed by atoms with van der Waals surface area (Å²) in [5, 5.41) is 3.33. The van der Waals surface area contributed by atoms with E-state index in [0.717, 1.165) is 32.4 Å². The molecule has 192 valence electrons. The molecule has 4 aromatic carbocycles. The Hall–Kier alpha value is -3.06. The first-order chi connectivity index (χ1) is 19.3. The largest absolute Gasteiger partial charge is 0.269 e. The van der Waals surface area contributed by atoms with Crippen molar-refractivity contribution in [2.24, 2.45) is 15.0 Å². The molecule has 3 atom stereocenters. The molecule has 0 spiro atoms. The van der Waals surface area contributed by atoms with E-state index in [0.29, 0.717) is 0 Å². The fraction of sp³-hybridized carbons (Fsp3) is 0.182. The standard InChI is InChI=1S/C33H27N3S3/c1-4-10-22(11-5-1)28-19-37-31(34-28)25-16-26(32-35-29(20-38-32)23-12-6-2-7-13-23)18-27(17-25)33-36-30(21-39-33)24-14-8-3-9-15-24/h1-18,28-30H,19-21H2/t28-,29-,30-/m1/s1. The second-order valence-electron chi connectivity index (χ2n) is 9.81. The molecule has 39 heavy (non-hydrogen) atoms. The predicted molar refractivity (Wildman–Crippen MR) is 171 cm³/mol. The van der Waals surface area contributed by atoms with Gasteiger partial charge < -0.3 is 0 Å².